The summed E-state index contributed by atoms with van der Waals surface area (Å²) >= 11 is 0. The predicted molar refractivity (Wildman–Crippen MR) is 98.4 cm³/mol. The topological polar surface area (TPSA) is 111 Å². The number of nitrogens with two attached hydrogens (primary N) is 1. The lowest BCUT2D eigenvalue weighted by molar-refractivity contribution is -0.119. The fourth-order valence-electron chi connectivity index (χ4n) is 2.27. The number of amides is 1. The average Bonchev–Trinajstić information content (AvgIpc) is 3.02. The molecule has 0 spiro atoms. The van der Waals surface area contributed by atoms with Gasteiger partial charge in [0.05, 0.1) is 13.1 Å². The summed E-state index contributed by atoms with van der Waals surface area (Å²) < 4.78 is 7.06. The summed E-state index contributed by atoms with van der Waals surface area (Å²) in [4.78, 5) is 21.7. The van der Waals surface area contributed by atoms with Crippen LogP contribution in [0.15, 0.2) is 35.6 Å². The van der Waals surface area contributed by atoms with Gasteiger partial charge in [-0.1, -0.05) is 12.1 Å². The van der Waals surface area contributed by atoms with E-state index >= 15 is 0 Å². The van der Waals surface area contributed by atoms with Gasteiger partial charge in [0.25, 0.3) is 5.91 Å². The average molecular weight is 359 g/mol. The normalized spacial score (nSPS) is 11.3. The van der Waals surface area contributed by atoms with Crippen LogP contribution in [0.25, 0.3) is 0 Å². The zero-order chi connectivity index (χ0) is 18.9. The summed E-state index contributed by atoms with van der Waals surface area (Å²) in [6, 6.07) is 7.43. The van der Waals surface area contributed by atoms with E-state index in [0.29, 0.717) is 18.8 Å². The molecule has 0 aliphatic carbocycles. The lowest BCUT2D eigenvalue weighted by Crippen LogP contribution is -2.39. The van der Waals surface area contributed by atoms with Crippen LogP contribution in [-0.4, -0.2) is 51.7 Å². The zero-order valence-electron chi connectivity index (χ0n) is 15.3. The number of benzene rings is 1. The number of ether oxygens (including phenoxy) is 1. The fourth-order valence-corrected chi connectivity index (χ4v) is 2.27. The standard InChI is InChI=1S/C17H25N7O2/c1-4-19-17(23(2)10-16-21-12-22-24(16)3)20-9-13-6-5-7-14(8-13)26-11-15(18)25/h5-8,12H,4,9-11H2,1-3H3,(H2,18,25)(H,19,20). The van der Waals surface area contributed by atoms with Crippen LogP contribution in [0.4, 0.5) is 0 Å². The van der Waals surface area contributed by atoms with Crippen molar-refractivity contribution in [1.29, 1.82) is 0 Å². The van der Waals surface area contributed by atoms with Gasteiger partial charge in [-0.3, -0.25) is 9.48 Å². The van der Waals surface area contributed by atoms with Gasteiger partial charge in [-0.05, 0) is 24.6 Å². The second-order valence-corrected chi connectivity index (χ2v) is 5.73. The van der Waals surface area contributed by atoms with Gasteiger partial charge < -0.3 is 20.7 Å². The monoisotopic (exact) mass is 359 g/mol. The summed E-state index contributed by atoms with van der Waals surface area (Å²) in [5, 5.41) is 7.35. The third-order valence-corrected chi connectivity index (χ3v) is 3.57. The maximum Gasteiger partial charge on any atom is 0.255 e. The Kier molecular flexibility index (Phi) is 6.95. The summed E-state index contributed by atoms with van der Waals surface area (Å²) in [6.45, 7) is 3.69. The van der Waals surface area contributed by atoms with Gasteiger partial charge in [-0.2, -0.15) is 5.10 Å². The van der Waals surface area contributed by atoms with E-state index in [1.807, 2.05) is 44.1 Å². The molecule has 3 N–H and O–H groups in total. The van der Waals surface area contributed by atoms with Crippen LogP contribution in [0.1, 0.15) is 18.3 Å². The number of guanidine groups is 1. The highest BCUT2D eigenvalue weighted by Gasteiger charge is 2.10. The minimum Gasteiger partial charge on any atom is -0.484 e. The van der Waals surface area contributed by atoms with E-state index < -0.39 is 5.91 Å². The minimum atomic E-state index is -0.506. The second-order valence-electron chi connectivity index (χ2n) is 5.73. The van der Waals surface area contributed by atoms with Crippen LogP contribution in [0.2, 0.25) is 0 Å². The molecule has 9 nitrogen and oxygen atoms in total. The van der Waals surface area contributed by atoms with E-state index in [9.17, 15) is 4.79 Å². The van der Waals surface area contributed by atoms with Gasteiger partial charge in [-0.25, -0.2) is 9.98 Å². The molecule has 9 heteroatoms. The number of hydrogen-bond donors (Lipinski definition) is 2. The molecular formula is C17H25N7O2. The van der Waals surface area contributed by atoms with Gasteiger partial charge >= 0.3 is 0 Å². The molecule has 0 aliphatic rings. The Labute approximate surface area is 152 Å². The molecule has 0 bridgehead atoms. The molecule has 0 unspecified atom stereocenters. The van der Waals surface area contributed by atoms with E-state index in [0.717, 1.165) is 23.9 Å². The van der Waals surface area contributed by atoms with Gasteiger partial charge in [0.1, 0.15) is 17.9 Å². The molecule has 2 aromatic rings. The molecule has 1 heterocycles. The molecule has 0 saturated heterocycles. The molecule has 0 aliphatic heterocycles. The molecule has 2 rings (SSSR count). The number of carbonyl (C=O) groups is 1. The number of carbonyl (C=O) groups excluding carboxylic acids is 1. The lowest BCUT2D eigenvalue weighted by atomic mass is 10.2. The third kappa shape index (κ3) is 5.76. The van der Waals surface area contributed by atoms with Crippen molar-refractivity contribution in [2.24, 2.45) is 17.8 Å². The Morgan fingerprint density at radius 2 is 2.27 bits per heavy atom. The predicted octanol–water partition coefficient (Wildman–Crippen LogP) is 0.277. The van der Waals surface area contributed by atoms with Crippen molar-refractivity contribution in [2.75, 3.05) is 20.2 Å². The largest absolute Gasteiger partial charge is 0.484 e. The summed E-state index contributed by atoms with van der Waals surface area (Å²) in [6.07, 6.45) is 1.53. The first-order chi connectivity index (χ1) is 12.5. The number of primary amides is 1. The maximum absolute atomic E-state index is 10.8. The zero-order valence-corrected chi connectivity index (χ0v) is 15.3. The van der Waals surface area contributed by atoms with Gasteiger partial charge in [-0.15, -0.1) is 0 Å². The van der Waals surface area contributed by atoms with Crippen molar-refractivity contribution in [3.63, 3.8) is 0 Å². The minimum absolute atomic E-state index is 0.143. The molecule has 1 aromatic carbocycles. The quantitative estimate of drug-likeness (QED) is 0.517. The van der Waals surface area contributed by atoms with Gasteiger partial charge in [0.15, 0.2) is 12.6 Å². The molecular weight excluding hydrogens is 334 g/mol. The number of aryl methyl sites for hydroxylation is 1. The van der Waals surface area contributed by atoms with Crippen molar-refractivity contribution in [1.82, 2.24) is 25.0 Å². The highest BCUT2D eigenvalue weighted by Crippen LogP contribution is 2.14. The van der Waals surface area contributed by atoms with Crippen molar-refractivity contribution in [2.45, 2.75) is 20.0 Å². The molecule has 140 valence electrons. The van der Waals surface area contributed by atoms with Gasteiger partial charge in [0.2, 0.25) is 0 Å². The Morgan fingerprint density at radius 3 is 2.92 bits per heavy atom. The molecule has 1 amide bonds. The third-order valence-electron chi connectivity index (χ3n) is 3.57. The number of rotatable bonds is 8. The van der Waals surface area contributed by atoms with Crippen LogP contribution in [0.5, 0.6) is 5.75 Å². The SMILES string of the molecule is CCNC(=NCc1cccc(OCC(N)=O)c1)N(C)Cc1ncnn1C. The molecule has 0 atom stereocenters. The van der Waals surface area contributed by atoms with E-state index in [1.54, 1.807) is 10.7 Å². The number of aromatic nitrogens is 3. The molecule has 1 aromatic heterocycles. The Bertz CT molecular complexity index is 757. The van der Waals surface area contributed by atoms with E-state index in [2.05, 4.69) is 20.4 Å². The molecule has 0 fully saturated rings. The van der Waals surface area contributed by atoms with Crippen molar-refractivity contribution < 1.29 is 9.53 Å². The smallest absolute Gasteiger partial charge is 0.255 e. The van der Waals surface area contributed by atoms with Crippen molar-refractivity contribution in [3.8, 4) is 5.75 Å². The number of nitrogens with zero attached hydrogens (tertiary/aromatic N) is 5. The van der Waals surface area contributed by atoms with E-state index in [4.69, 9.17) is 10.5 Å². The van der Waals surface area contributed by atoms with Crippen molar-refractivity contribution >= 4 is 11.9 Å². The van der Waals surface area contributed by atoms with Crippen LogP contribution in [-0.2, 0) is 24.9 Å². The van der Waals surface area contributed by atoms with Crippen LogP contribution < -0.4 is 15.8 Å². The van der Waals surface area contributed by atoms with Gasteiger partial charge in [0, 0.05) is 20.6 Å². The Hall–Kier alpha value is -3.10. The Balaban J connectivity index is 2.05. The number of nitrogens with one attached hydrogen (secondary N) is 1. The molecule has 0 radical (unpaired) electrons. The van der Waals surface area contributed by atoms with E-state index in [1.165, 1.54) is 6.33 Å². The number of hydrogen-bond acceptors (Lipinski definition) is 5. The summed E-state index contributed by atoms with van der Waals surface area (Å²) in [5.74, 6) is 1.70. The molecule has 0 saturated carbocycles. The fraction of sp³-hybridized carbons (Fsp3) is 0.412. The highest BCUT2D eigenvalue weighted by molar-refractivity contribution is 5.79. The number of aliphatic imine (C=N–C) groups is 1. The molecule has 26 heavy (non-hydrogen) atoms. The van der Waals surface area contributed by atoms with Crippen LogP contribution in [0.3, 0.4) is 0 Å². The first-order valence-electron chi connectivity index (χ1n) is 8.32. The van der Waals surface area contributed by atoms with Crippen LogP contribution in [0, 0.1) is 0 Å². The van der Waals surface area contributed by atoms with Crippen molar-refractivity contribution in [3.05, 3.63) is 42.0 Å². The van der Waals surface area contributed by atoms with Crippen LogP contribution >= 0.6 is 0 Å². The Morgan fingerprint density at radius 1 is 1.46 bits per heavy atom. The highest BCUT2D eigenvalue weighted by atomic mass is 16.5. The lowest BCUT2D eigenvalue weighted by Gasteiger charge is -2.21. The first-order valence-corrected chi connectivity index (χ1v) is 8.32. The maximum atomic E-state index is 10.8. The first kappa shape index (κ1) is 19.2. The summed E-state index contributed by atoms with van der Waals surface area (Å²) in [5.41, 5.74) is 6.07. The summed E-state index contributed by atoms with van der Waals surface area (Å²) in [7, 11) is 3.81. The van der Waals surface area contributed by atoms with E-state index in [-0.39, 0.29) is 6.61 Å². The second kappa shape index (κ2) is 9.40.